The standard InChI is InChI=1S/C28H28Cl2N2O6/c1-18(33)32(22-7-8-25(23(15-22)28(34)35)31-9-11-37-12-10-31)16-20-13-24(30)27(26(14-20)36-2)38-17-19-3-5-21(29)6-4-19/h3-8,13-15H,9-12,16-17H2,1-2H3,(H,34,35). The highest BCUT2D eigenvalue weighted by molar-refractivity contribution is 6.32. The maximum Gasteiger partial charge on any atom is 0.337 e. The molecule has 3 aromatic rings. The quantitative estimate of drug-likeness (QED) is 0.362. The van der Waals surface area contributed by atoms with E-state index in [0.29, 0.717) is 64.8 Å². The Labute approximate surface area is 231 Å². The van der Waals surface area contributed by atoms with Gasteiger partial charge in [-0.2, -0.15) is 0 Å². The van der Waals surface area contributed by atoms with Gasteiger partial charge in [0.25, 0.3) is 0 Å². The Kier molecular flexibility index (Phi) is 8.99. The minimum absolute atomic E-state index is 0.122. The fourth-order valence-corrected chi connectivity index (χ4v) is 4.66. The van der Waals surface area contributed by atoms with Crippen molar-refractivity contribution in [3.63, 3.8) is 0 Å². The van der Waals surface area contributed by atoms with Crippen LogP contribution in [0.15, 0.2) is 54.6 Å². The Hall–Kier alpha value is -3.46. The number of rotatable bonds is 9. The first-order valence-corrected chi connectivity index (χ1v) is 12.7. The number of ether oxygens (including phenoxy) is 3. The number of hydrogen-bond donors (Lipinski definition) is 1. The molecule has 0 saturated carbocycles. The second-order valence-electron chi connectivity index (χ2n) is 8.74. The number of anilines is 2. The number of benzene rings is 3. The number of morpholine rings is 1. The van der Waals surface area contributed by atoms with Crippen molar-refractivity contribution in [3.05, 3.63) is 81.3 Å². The van der Waals surface area contributed by atoms with Gasteiger partial charge in [-0.15, -0.1) is 0 Å². The lowest BCUT2D eigenvalue weighted by Crippen LogP contribution is -2.37. The van der Waals surface area contributed by atoms with E-state index in [0.717, 1.165) is 5.56 Å². The molecule has 1 saturated heterocycles. The first-order chi connectivity index (χ1) is 18.3. The smallest absolute Gasteiger partial charge is 0.337 e. The van der Waals surface area contributed by atoms with E-state index >= 15 is 0 Å². The Bertz CT molecular complexity index is 1310. The van der Waals surface area contributed by atoms with Gasteiger partial charge in [-0.05, 0) is 53.6 Å². The molecule has 0 bridgehead atoms. The number of amides is 1. The van der Waals surface area contributed by atoms with E-state index in [1.165, 1.54) is 25.0 Å². The molecule has 10 heteroatoms. The zero-order valence-corrected chi connectivity index (χ0v) is 22.6. The molecule has 4 rings (SSSR count). The summed E-state index contributed by atoms with van der Waals surface area (Å²) < 4.78 is 16.8. The lowest BCUT2D eigenvalue weighted by atomic mass is 10.1. The second-order valence-corrected chi connectivity index (χ2v) is 9.58. The number of carboxylic acid groups (broad SMARTS) is 1. The number of halogens is 2. The lowest BCUT2D eigenvalue weighted by molar-refractivity contribution is -0.116. The first kappa shape index (κ1) is 27.6. The predicted molar refractivity (Wildman–Crippen MR) is 147 cm³/mol. The van der Waals surface area contributed by atoms with Crippen LogP contribution in [0.5, 0.6) is 11.5 Å². The molecule has 0 radical (unpaired) electrons. The largest absolute Gasteiger partial charge is 0.493 e. The summed E-state index contributed by atoms with van der Waals surface area (Å²) >= 11 is 12.5. The van der Waals surface area contributed by atoms with Gasteiger partial charge in [0.2, 0.25) is 5.91 Å². The maximum atomic E-state index is 12.7. The fraction of sp³-hybridized carbons (Fsp3) is 0.286. The third-order valence-corrected chi connectivity index (χ3v) is 6.71. The van der Waals surface area contributed by atoms with Gasteiger partial charge in [-0.25, -0.2) is 4.79 Å². The van der Waals surface area contributed by atoms with Crippen molar-refractivity contribution in [2.45, 2.75) is 20.1 Å². The molecule has 200 valence electrons. The molecule has 1 fully saturated rings. The Morgan fingerprint density at radius 1 is 1.03 bits per heavy atom. The Balaban J connectivity index is 1.58. The van der Waals surface area contributed by atoms with Crippen LogP contribution in [0.1, 0.15) is 28.4 Å². The van der Waals surface area contributed by atoms with Gasteiger partial charge in [0.15, 0.2) is 11.5 Å². The van der Waals surface area contributed by atoms with E-state index in [4.69, 9.17) is 37.4 Å². The topological polar surface area (TPSA) is 88.5 Å². The van der Waals surface area contributed by atoms with Crippen molar-refractivity contribution in [1.29, 1.82) is 0 Å². The summed E-state index contributed by atoms with van der Waals surface area (Å²) in [5.41, 5.74) is 2.78. The minimum Gasteiger partial charge on any atom is -0.493 e. The normalized spacial score (nSPS) is 13.2. The molecule has 1 amide bonds. The third-order valence-electron chi connectivity index (χ3n) is 6.18. The summed E-state index contributed by atoms with van der Waals surface area (Å²) in [5, 5.41) is 10.9. The average molecular weight is 559 g/mol. The number of methoxy groups -OCH3 is 1. The van der Waals surface area contributed by atoms with Crippen molar-refractivity contribution < 1.29 is 28.9 Å². The molecule has 0 unspecified atom stereocenters. The summed E-state index contributed by atoms with van der Waals surface area (Å²) in [4.78, 5) is 28.2. The highest BCUT2D eigenvalue weighted by Crippen LogP contribution is 2.38. The van der Waals surface area contributed by atoms with Crippen molar-refractivity contribution in [1.82, 2.24) is 0 Å². The summed E-state index contributed by atoms with van der Waals surface area (Å²) in [6.45, 7) is 4.10. The molecule has 1 aliphatic rings. The number of hydrogen-bond acceptors (Lipinski definition) is 6. The summed E-state index contributed by atoms with van der Waals surface area (Å²) in [5.74, 6) is -0.522. The Morgan fingerprint density at radius 3 is 2.37 bits per heavy atom. The average Bonchev–Trinajstić information content (AvgIpc) is 2.91. The van der Waals surface area contributed by atoms with Crippen LogP contribution >= 0.6 is 23.2 Å². The van der Waals surface area contributed by atoms with Crippen LogP contribution in [-0.4, -0.2) is 50.4 Å². The van der Waals surface area contributed by atoms with Gasteiger partial charge in [0.1, 0.15) is 6.61 Å². The summed E-state index contributed by atoms with van der Waals surface area (Å²) in [6, 6.07) is 15.7. The molecular weight excluding hydrogens is 531 g/mol. The highest BCUT2D eigenvalue weighted by Gasteiger charge is 2.22. The molecule has 0 aliphatic carbocycles. The number of carbonyl (C=O) groups is 2. The van der Waals surface area contributed by atoms with E-state index in [1.807, 2.05) is 17.0 Å². The van der Waals surface area contributed by atoms with Crippen LogP contribution in [0.25, 0.3) is 0 Å². The number of aromatic carboxylic acids is 1. The van der Waals surface area contributed by atoms with E-state index in [2.05, 4.69) is 0 Å². The van der Waals surface area contributed by atoms with E-state index < -0.39 is 5.97 Å². The van der Waals surface area contributed by atoms with E-state index in [1.54, 1.807) is 36.4 Å². The molecule has 0 spiro atoms. The number of nitrogens with zero attached hydrogens (tertiary/aromatic N) is 2. The van der Waals surface area contributed by atoms with Gasteiger partial charge in [0.05, 0.1) is 43.1 Å². The van der Waals surface area contributed by atoms with Crippen LogP contribution in [0.4, 0.5) is 11.4 Å². The van der Waals surface area contributed by atoms with Gasteiger partial charge < -0.3 is 29.1 Å². The Morgan fingerprint density at radius 2 is 1.74 bits per heavy atom. The third kappa shape index (κ3) is 6.51. The molecule has 1 heterocycles. The molecule has 3 aromatic carbocycles. The van der Waals surface area contributed by atoms with Crippen LogP contribution < -0.4 is 19.3 Å². The maximum absolute atomic E-state index is 12.7. The fourth-order valence-electron chi connectivity index (χ4n) is 4.25. The van der Waals surface area contributed by atoms with Crippen LogP contribution in [0, 0.1) is 0 Å². The van der Waals surface area contributed by atoms with Gasteiger partial charge in [0, 0.05) is 30.7 Å². The van der Waals surface area contributed by atoms with E-state index in [-0.39, 0.29) is 24.6 Å². The number of carbonyl (C=O) groups excluding carboxylic acids is 1. The molecule has 1 N–H and O–H groups in total. The van der Waals surface area contributed by atoms with Crippen molar-refractivity contribution in [2.75, 3.05) is 43.2 Å². The zero-order chi connectivity index (χ0) is 27.2. The van der Waals surface area contributed by atoms with Gasteiger partial charge in [-0.1, -0.05) is 35.3 Å². The lowest BCUT2D eigenvalue weighted by Gasteiger charge is -2.31. The minimum atomic E-state index is -1.07. The van der Waals surface area contributed by atoms with Gasteiger partial charge in [-0.3, -0.25) is 4.79 Å². The predicted octanol–water partition coefficient (Wildman–Crippen LogP) is 5.67. The molecule has 38 heavy (non-hydrogen) atoms. The van der Waals surface area contributed by atoms with Crippen molar-refractivity contribution in [3.8, 4) is 11.5 Å². The molecule has 1 aliphatic heterocycles. The second kappa shape index (κ2) is 12.4. The first-order valence-electron chi connectivity index (χ1n) is 12.0. The van der Waals surface area contributed by atoms with Crippen LogP contribution in [0.3, 0.4) is 0 Å². The molecule has 0 atom stereocenters. The van der Waals surface area contributed by atoms with Crippen molar-refractivity contribution in [2.24, 2.45) is 0 Å². The number of carboxylic acids is 1. The summed E-state index contributed by atoms with van der Waals surface area (Å²) in [7, 11) is 1.51. The molecule has 0 aromatic heterocycles. The van der Waals surface area contributed by atoms with E-state index in [9.17, 15) is 14.7 Å². The molecular formula is C28H28Cl2N2O6. The molecule has 8 nitrogen and oxygen atoms in total. The summed E-state index contributed by atoms with van der Waals surface area (Å²) in [6.07, 6.45) is 0. The zero-order valence-electron chi connectivity index (χ0n) is 21.1. The van der Waals surface area contributed by atoms with Crippen LogP contribution in [-0.2, 0) is 22.7 Å². The van der Waals surface area contributed by atoms with Crippen LogP contribution in [0.2, 0.25) is 10.0 Å². The SMILES string of the molecule is COc1cc(CN(C(C)=O)c2ccc(N3CCOCC3)c(C(=O)O)c2)cc(Cl)c1OCc1ccc(Cl)cc1. The highest BCUT2D eigenvalue weighted by atomic mass is 35.5. The van der Waals surface area contributed by atoms with Gasteiger partial charge >= 0.3 is 5.97 Å². The van der Waals surface area contributed by atoms with Crippen molar-refractivity contribution >= 4 is 46.5 Å². The monoisotopic (exact) mass is 558 g/mol.